The Labute approximate surface area is 289 Å². The first-order chi connectivity index (χ1) is 23.5. The summed E-state index contributed by atoms with van der Waals surface area (Å²) in [5, 5.41) is 7.89. The third-order valence-corrected chi connectivity index (χ3v) is 9.23. The van der Waals surface area contributed by atoms with Crippen LogP contribution in [-0.4, -0.2) is 68.6 Å². The van der Waals surface area contributed by atoms with E-state index in [9.17, 15) is 14.4 Å². The van der Waals surface area contributed by atoms with E-state index in [1.165, 1.54) is 7.11 Å². The number of amides is 2. The molecular weight excluding hydrogens is 644 g/mol. The summed E-state index contributed by atoms with van der Waals surface area (Å²) >= 11 is 1.60. The van der Waals surface area contributed by atoms with E-state index in [1.54, 1.807) is 11.3 Å². The van der Waals surface area contributed by atoms with E-state index in [0.29, 0.717) is 66.9 Å². The van der Waals surface area contributed by atoms with Crippen molar-refractivity contribution in [2.75, 3.05) is 50.2 Å². The summed E-state index contributed by atoms with van der Waals surface area (Å²) in [5.74, 6) is 0.277. The molecule has 2 amide bonds. The van der Waals surface area contributed by atoms with Crippen LogP contribution in [0.15, 0.2) is 53.9 Å². The smallest absolute Gasteiger partial charge is 0.407 e. The van der Waals surface area contributed by atoms with Crippen LogP contribution in [0.2, 0.25) is 0 Å². The maximum absolute atomic E-state index is 14.3. The Hall–Kier alpha value is -4.94. The van der Waals surface area contributed by atoms with E-state index in [1.807, 2.05) is 75.5 Å². The summed E-state index contributed by atoms with van der Waals surface area (Å²) in [4.78, 5) is 47.5. The third kappa shape index (κ3) is 7.71. The average molecular weight is 685 g/mol. The van der Waals surface area contributed by atoms with Crippen molar-refractivity contribution in [2.24, 2.45) is 0 Å². The van der Waals surface area contributed by atoms with Crippen LogP contribution in [0, 0.1) is 6.92 Å². The highest BCUT2D eigenvalue weighted by atomic mass is 32.1. The van der Waals surface area contributed by atoms with Crippen LogP contribution in [-0.2, 0) is 27.2 Å². The molecule has 4 heterocycles. The molecule has 1 fully saturated rings. The highest BCUT2D eigenvalue weighted by molar-refractivity contribution is 7.13. The Bertz CT molecular complexity index is 1890. The van der Waals surface area contributed by atoms with E-state index < -0.39 is 17.7 Å². The van der Waals surface area contributed by atoms with Gasteiger partial charge in [-0.05, 0) is 86.2 Å². The van der Waals surface area contributed by atoms with Crippen LogP contribution >= 0.6 is 11.3 Å². The molecule has 0 aliphatic carbocycles. The minimum absolute atomic E-state index is 0.101. The van der Waals surface area contributed by atoms with Gasteiger partial charge in [0.2, 0.25) is 0 Å². The minimum atomic E-state index is -0.612. The predicted molar refractivity (Wildman–Crippen MR) is 189 cm³/mol. The molecule has 0 radical (unpaired) electrons. The molecule has 0 unspecified atom stereocenters. The molecule has 6 rings (SSSR count). The fourth-order valence-corrected chi connectivity index (χ4v) is 6.84. The monoisotopic (exact) mass is 684 g/mol. The highest BCUT2D eigenvalue weighted by Crippen LogP contribution is 2.43. The Morgan fingerprint density at radius 2 is 1.78 bits per heavy atom. The van der Waals surface area contributed by atoms with Gasteiger partial charge >= 0.3 is 12.1 Å². The number of morpholine rings is 1. The number of ether oxygens (including phenoxy) is 4. The number of methoxy groups -OCH3 is 1. The van der Waals surface area contributed by atoms with Gasteiger partial charge in [0.25, 0.3) is 5.91 Å². The van der Waals surface area contributed by atoms with Crippen molar-refractivity contribution in [1.29, 1.82) is 0 Å². The lowest BCUT2D eigenvalue weighted by molar-refractivity contribution is 0.0522. The number of fused-ring (bicyclic) bond motifs is 3. The largest absolute Gasteiger partial charge is 0.493 e. The van der Waals surface area contributed by atoms with Gasteiger partial charge in [-0.3, -0.25) is 4.79 Å². The lowest BCUT2D eigenvalue weighted by Crippen LogP contribution is -2.37. The summed E-state index contributed by atoms with van der Waals surface area (Å²) < 4.78 is 22.2. The number of alkyl carbamates (subject to hydrolysis) is 1. The number of aryl methyl sites for hydroxylation is 1. The zero-order valence-electron chi connectivity index (χ0n) is 28.3. The van der Waals surface area contributed by atoms with Crippen molar-refractivity contribution < 1.29 is 33.3 Å². The number of carbonyl (C=O) groups excluding carboxylic acids is 3. The van der Waals surface area contributed by atoms with Gasteiger partial charge in [0.05, 0.1) is 26.9 Å². The standard InChI is InChI=1S/C37H40N4O7S/c1-22-18-23(21-38-36(44)48-37(2,3)4)6-8-29(22)39-34(42)27-19-28-30(47-14-10-24-11-17-49-33(24)28)20-26(27)25-7-9-31(40-32(25)35(43)45-5)41-12-15-46-16-13-41/h6-9,11,17-20H,10,12-16,21H2,1-5H3,(H,38,44)(H,39,42). The molecule has 2 N–H and O–H groups in total. The number of hydrogen-bond acceptors (Lipinski definition) is 10. The molecule has 0 bridgehead atoms. The summed E-state index contributed by atoms with van der Waals surface area (Å²) in [5.41, 5.74) is 5.04. The van der Waals surface area contributed by atoms with Gasteiger partial charge in [0.15, 0.2) is 5.69 Å². The molecule has 2 aromatic carbocycles. The Kier molecular flexibility index (Phi) is 9.89. The second-order valence-corrected chi connectivity index (χ2v) is 13.8. The number of esters is 1. The van der Waals surface area contributed by atoms with Crippen LogP contribution in [0.25, 0.3) is 21.6 Å². The van der Waals surface area contributed by atoms with Gasteiger partial charge in [-0.25, -0.2) is 14.6 Å². The molecular formula is C37H40N4O7S. The topological polar surface area (TPSA) is 128 Å². The molecule has 2 aliphatic rings. The maximum atomic E-state index is 14.3. The molecule has 256 valence electrons. The van der Waals surface area contributed by atoms with E-state index in [2.05, 4.69) is 21.6 Å². The summed E-state index contributed by atoms with van der Waals surface area (Å²) in [6, 6.07) is 15.0. The number of hydrogen-bond donors (Lipinski definition) is 2. The SMILES string of the molecule is COC(=O)c1nc(N2CCOCC2)ccc1-c1cc2c(cc1C(=O)Nc1ccc(CNC(=O)OC(C)(C)C)cc1C)-c1sccc1CCO2. The lowest BCUT2D eigenvalue weighted by Gasteiger charge is -2.28. The number of nitrogens with zero attached hydrogens (tertiary/aromatic N) is 2. The van der Waals surface area contributed by atoms with Crippen LogP contribution in [0.1, 0.15) is 58.3 Å². The second kappa shape index (κ2) is 14.3. The van der Waals surface area contributed by atoms with Crippen molar-refractivity contribution in [3.8, 4) is 27.3 Å². The Morgan fingerprint density at radius 3 is 2.51 bits per heavy atom. The number of anilines is 2. The first-order valence-corrected chi connectivity index (χ1v) is 17.1. The van der Waals surface area contributed by atoms with Crippen LogP contribution < -0.4 is 20.3 Å². The van der Waals surface area contributed by atoms with Gasteiger partial charge in [0, 0.05) is 58.9 Å². The number of nitrogens with one attached hydrogen (secondary N) is 2. The highest BCUT2D eigenvalue weighted by Gasteiger charge is 2.27. The molecule has 4 aromatic rings. The van der Waals surface area contributed by atoms with Gasteiger partial charge in [-0.2, -0.15) is 0 Å². The third-order valence-electron chi connectivity index (χ3n) is 8.24. The molecule has 49 heavy (non-hydrogen) atoms. The Balaban J connectivity index is 1.37. The fraction of sp³-hybridized carbons (Fsp3) is 0.351. The number of aromatic nitrogens is 1. The molecule has 2 aromatic heterocycles. The molecule has 0 atom stereocenters. The fourth-order valence-electron chi connectivity index (χ4n) is 5.87. The lowest BCUT2D eigenvalue weighted by atomic mass is 9.93. The minimum Gasteiger partial charge on any atom is -0.493 e. The quantitative estimate of drug-likeness (QED) is 0.207. The van der Waals surface area contributed by atoms with Crippen LogP contribution in [0.3, 0.4) is 0 Å². The molecule has 11 nitrogen and oxygen atoms in total. The van der Waals surface area contributed by atoms with Crippen molar-refractivity contribution in [3.05, 3.63) is 81.9 Å². The number of pyridine rings is 1. The predicted octanol–water partition coefficient (Wildman–Crippen LogP) is 6.62. The number of thiophene rings is 1. The molecule has 0 saturated carbocycles. The van der Waals surface area contributed by atoms with Crippen molar-refractivity contribution in [3.63, 3.8) is 0 Å². The number of carbonyl (C=O) groups is 3. The first-order valence-electron chi connectivity index (χ1n) is 16.2. The molecule has 12 heteroatoms. The van der Waals surface area contributed by atoms with Crippen molar-refractivity contribution >= 4 is 40.8 Å². The second-order valence-electron chi connectivity index (χ2n) is 12.9. The van der Waals surface area contributed by atoms with Gasteiger partial charge in [-0.15, -0.1) is 11.3 Å². The van der Waals surface area contributed by atoms with Gasteiger partial charge in [-0.1, -0.05) is 12.1 Å². The number of benzene rings is 2. The zero-order chi connectivity index (χ0) is 34.7. The van der Waals surface area contributed by atoms with Crippen molar-refractivity contribution in [1.82, 2.24) is 10.3 Å². The first kappa shape index (κ1) is 33.9. The number of rotatable bonds is 7. The van der Waals surface area contributed by atoms with E-state index >= 15 is 0 Å². The van der Waals surface area contributed by atoms with E-state index in [0.717, 1.165) is 33.6 Å². The average Bonchev–Trinajstić information content (AvgIpc) is 3.48. The zero-order valence-corrected chi connectivity index (χ0v) is 29.1. The molecule has 1 saturated heterocycles. The van der Waals surface area contributed by atoms with E-state index in [-0.39, 0.29) is 18.1 Å². The van der Waals surface area contributed by atoms with Crippen molar-refractivity contribution in [2.45, 2.75) is 46.3 Å². The molecule has 2 aliphatic heterocycles. The maximum Gasteiger partial charge on any atom is 0.407 e. The van der Waals surface area contributed by atoms with Gasteiger partial charge < -0.3 is 34.5 Å². The normalized spacial score (nSPS) is 14.1. The van der Waals surface area contributed by atoms with E-state index in [4.69, 9.17) is 23.9 Å². The Morgan fingerprint density at radius 1 is 0.980 bits per heavy atom. The summed E-state index contributed by atoms with van der Waals surface area (Å²) in [6.45, 7) is 10.5. The van der Waals surface area contributed by atoms with Gasteiger partial charge in [0.1, 0.15) is 17.2 Å². The van der Waals surface area contributed by atoms with Crippen LogP contribution in [0.5, 0.6) is 5.75 Å². The summed E-state index contributed by atoms with van der Waals surface area (Å²) in [6.07, 6.45) is 0.233. The summed E-state index contributed by atoms with van der Waals surface area (Å²) in [7, 11) is 1.32. The van der Waals surface area contributed by atoms with Crippen LogP contribution in [0.4, 0.5) is 16.3 Å². The molecule has 0 spiro atoms.